The Kier molecular flexibility index (Phi) is 6.06. The van der Waals surface area contributed by atoms with Crippen molar-refractivity contribution in [2.75, 3.05) is 42.7 Å². The third-order valence-electron chi connectivity index (χ3n) is 5.62. The fourth-order valence-electron chi connectivity index (χ4n) is 3.90. The summed E-state index contributed by atoms with van der Waals surface area (Å²) in [4.78, 5) is 28.5. The Morgan fingerprint density at radius 3 is 2.71 bits per heavy atom. The first-order valence-electron chi connectivity index (χ1n) is 10.5. The summed E-state index contributed by atoms with van der Waals surface area (Å²) in [6, 6.07) is 1.71. The first kappa shape index (κ1) is 23.3. The molecule has 0 aromatic carbocycles. The van der Waals surface area contributed by atoms with Gasteiger partial charge in [0, 0.05) is 31.2 Å². The molecule has 1 aliphatic rings. The van der Waals surface area contributed by atoms with E-state index in [2.05, 4.69) is 25.4 Å². The highest BCUT2D eigenvalue weighted by Crippen LogP contribution is 2.35. The van der Waals surface area contributed by atoms with Crippen molar-refractivity contribution in [1.82, 2.24) is 29.5 Å². The number of nitrogens with zero attached hydrogens (tertiary/aromatic N) is 7. The normalized spacial score (nSPS) is 16.7. The summed E-state index contributed by atoms with van der Waals surface area (Å²) in [5.41, 5.74) is 6.16. The zero-order valence-corrected chi connectivity index (χ0v) is 18.8. The van der Waals surface area contributed by atoms with Gasteiger partial charge in [0.2, 0.25) is 11.9 Å². The van der Waals surface area contributed by atoms with Gasteiger partial charge in [-0.25, -0.2) is 9.78 Å². The predicted octanol–water partition coefficient (Wildman–Crippen LogP) is 2.57. The van der Waals surface area contributed by atoms with E-state index in [4.69, 9.17) is 10.5 Å². The van der Waals surface area contributed by atoms with Gasteiger partial charge in [0.1, 0.15) is 11.6 Å². The molecule has 0 spiro atoms. The van der Waals surface area contributed by atoms with Crippen molar-refractivity contribution < 1.29 is 22.7 Å². The number of halogens is 3. The molecular weight excluding hydrogens is 455 g/mol. The number of anilines is 3. The molecule has 3 aromatic rings. The summed E-state index contributed by atoms with van der Waals surface area (Å²) in [5.74, 6) is 0.00156. The quantitative estimate of drug-likeness (QED) is 0.585. The average molecular weight is 479 g/mol. The number of carbonyl (C=O) groups excluding carboxylic acids is 1. The van der Waals surface area contributed by atoms with Gasteiger partial charge in [-0.2, -0.15) is 32.8 Å². The molecule has 4 rings (SSSR count). The molecule has 0 bridgehead atoms. The number of fused-ring (bicyclic) bond motifs is 1. The Hall–Kier alpha value is -3.84. The fraction of sp³-hybridized carbons (Fsp3) is 0.450. The number of rotatable bonds is 4. The summed E-state index contributed by atoms with van der Waals surface area (Å²) in [5, 5.41) is 6.80. The molecule has 4 heterocycles. The fourth-order valence-corrected chi connectivity index (χ4v) is 3.90. The molecule has 0 aliphatic carbocycles. The molecule has 1 saturated heterocycles. The van der Waals surface area contributed by atoms with E-state index in [1.54, 1.807) is 10.7 Å². The van der Waals surface area contributed by atoms with Crippen LogP contribution in [0.4, 0.5) is 35.7 Å². The van der Waals surface area contributed by atoms with Crippen LogP contribution in [0.5, 0.6) is 5.75 Å². The van der Waals surface area contributed by atoms with E-state index in [1.165, 1.54) is 11.0 Å². The van der Waals surface area contributed by atoms with Crippen molar-refractivity contribution in [3.05, 3.63) is 29.6 Å². The number of alkyl halides is 3. The second kappa shape index (κ2) is 8.83. The lowest BCUT2D eigenvalue weighted by Crippen LogP contribution is -2.56. The largest absolute Gasteiger partial charge is 0.494 e. The lowest BCUT2D eigenvalue weighted by atomic mass is 10.1. The average Bonchev–Trinajstić information content (AvgIpc) is 3.17. The van der Waals surface area contributed by atoms with Crippen LogP contribution in [0.15, 0.2) is 18.3 Å². The number of hydrogen-bond donors (Lipinski definition) is 2. The molecule has 34 heavy (non-hydrogen) atoms. The van der Waals surface area contributed by atoms with Gasteiger partial charge >= 0.3 is 12.2 Å². The van der Waals surface area contributed by atoms with E-state index in [1.807, 2.05) is 18.7 Å². The van der Waals surface area contributed by atoms with Crippen LogP contribution in [0.25, 0.3) is 5.65 Å². The Labute approximate surface area is 192 Å². The molecule has 1 aliphatic heterocycles. The zero-order valence-electron chi connectivity index (χ0n) is 18.8. The lowest BCUT2D eigenvalue weighted by Gasteiger charge is -2.41. The highest BCUT2D eigenvalue weighted by molar-refractivity contribution is 5.88. The first-order chi connectivity index (χ1) is 16.1. The second-order valence-corrected chi connectivity index (χ2v) is 7.82. The van der Waals surface area contributed by atoms with Crippen LogP contribution in [0.3, 0.4) is 0 Å². The molecule has 0 radical (unpaired) electrons. The maximum absolute atomic E-state index is 13.3. The number of amides is 2. The van der Waals surface area contributed by atoms with E-state index >= 15 is 0 Å². The van der Waals surface area contributed by atoms with Crippen molar-refractivity contribution in [3.8, 4) is 5.75 Å². The summed E-state index contributed by atoms with van der Waals surface area (Å²) in [6.45, 7) is 4.87. The Morgan fingerprint density at radius 2 is 2.03 bits per heavy atom. The summed E-state index contributed by atoms with van der Waals surface area (Å²) in [6.07, 6.45) is -2.37. The van der Waals surface area contributed by atoms with Gasteiger partial charge in [0.15, 0.2) is 11.3 Å². The molecule has 1 fully saturated rings. The second-order valence-electron chi connectivity index (χ2n) is 7.82. The molecule has 182 valence electrons. The van der Waals surface area contributed by atoms with Gasteiger partial charge in [-0.15, -0.1) is 0 Å². The standard InChI is InChI=1S/C20H24F3N9O2/c1-4-12-10-30(19(33)27-14-6-5-13(34-3)15(26-14)20(21,22)23)7-8-31(12)18-29-17(24)28-16-11(2)9-25-32(16)18/h5-6,9,12H,4,7-8,10H2,1-3H3,(H2,24,28)(H,26,27,33)/t12-/m0/s1. The SMILES string of the molecule is CC[C@H]1CN(C(=O)Nc2ccc(OC)c(C(F)(F)F)n2)CCN1c1nc(N)nc2c(C)cnn12. The van der Waals surface area contributed by atoms with Gasteiger partial charge in [-0.05, 0) is 25.5 Å². The highest BCUT2D eigenvalue weighted by atomic mass is 19.4. The molecular formula is C20H24F3N9O2. The maximum Gasteiger partial charge on any atom is 0.437 e. The molecule has 14 heteroatoms. The molecule has 3 N–H and O–H groups in total. The van der Waals surface area contributed by atoms with Crippen molar-refractivity contribution >= 4 is 29.4 Å². The van der Waals surface area contributed by atoms with Crippen LogP contribution in [0.2, 0.25) is 0 Å². The molecule has 0 unspecified atom stereocenters. The number of carbonyl (C=O) groups is 1. The number of aromatic nitrogens is 5. The number of urea groups is 1. The third kappa shape index (κ3) is 4.34. The summed E-state index contributed by atoms with van der Waals surface area (Å²) >= 11 is 0. The minimum atomic E-state index is -4.72. The van der Waals surface area contributed by atoms with E-state index in [-0.39, 0.29) is 17.8 Å². The number of aryl methyl sites for hydroxylation is 1. The van der Waals surface area contributed by atoms with Crippen LogP contribution < -0.4 is 20.7 Å². The molecule has 11 nitrogen and oxygen atoms in total. The number of methoxy groups -OCH3 is 1. The van der Waals surface area contributed by atoms with E-state index in [0.29, 0.717) is 37.7 Å². The smallest absolute Gasteiger partial charge is 0.437 e. The van der Waals surface area contributed by atoms with Crippen LogP contribution in [0, 0.1) is 6.92 Å². The minimum absolute atomic E-state index is 0.118. The monoisotopic (exact) mass is 479 g/mol. The third-order valence-corrected chi connectivity index (χ3v) is 5.62. The summed E-state index contributed by atoms with van der Waals surface area (Å²) < 4.78 is 46.1. The highest BCUT2D eigenvalue weighted by Gasteiger charge is 2.37. The Balaban J connectivity index is 1.52. The topological polar surface area (TPSA) is 127 Å². The van der Waals surface area contributed by atoms with Gasteiger partial charge in [0.05, 0.1) is 13.3 Å². The van der Waals surface area contributed by atoms with Crippen LogP contribution in [-0.2, 0) is 6.18 Å². The van der Waals surface area contributed by atoms with Crippen molar-refractivity contribution in [2.45, 2.75) is 32.5 Å². The molecule has 0 saturated carbocycles. The minimum Gasteiger partial charge on any atom is -0.494 e. The van der Waals surface area contributed by atoms with Crippen molar-refractivity contribution in [1.29, 1.82) is 0 Å². The Bertz CT molecular complexity index is 1210. The number of ether oxygens (including phenoxy) is 1. The van der Waals surface area contributed by atoms with Crippen LogP contribution in [-0.4, -0.2) is 68.3 Å². The summed E-state index contributed by atoms with van der Waals surface area (Å²) in [7, 11) is 1.12. The maximum atomic E-state index is 13.3. The number of hydrogen-bond acceptors (Lipinski definition) is 8. The van der Waals surface area contributed by atoms with Crippen LogP contribution >= 0.6 is 0 Å². The van der Waals surface area contributed by atoms with E-state index in [0.717, 1.165) is 18.7 Å². The van der Waals surface area contributed by atoms with E-state index in [9.17, 15) is 18.0 Å². The number of nitrogens with two attached hydrogens (primary N) is 1. The van der Waals surface area contributed by atoms with Crippen molar-refractivity contribution in [2.24, 2.45) is 0 Å². The molecule has 1 atom stereocenters. The number of piperazine rings is 1. The van der Waals surface area contributed by atoms with Crippen molar-refractivity contribution in [3.63, 3.8) is 0 Å². The lowest BCUT2D eigenvalue weighted by molar-refractivity contribution is -0.142. The van der Waals surface area contributed by atoms with Crippen LogP contribution in [0.1, 0.15) is 24.6 Å². The van der Waals surface area contributed by atoms with Gasteiger partial charge < -0.3 is 20.3 Å². The van der Waals surface area contributed by atoms with Gasteiger partial charge in [-0.3, -0.25) is 5.32 Å². The molecule has 2 amide bonds. The van der Waals surface area contributed by atoms with E-state index < -0.39 is 23.7 Å². The first-order valence-corrected chi connectivity index (χ1v) is 10.5. The Morgan fingerprint density at radius 1 is 1.26 bits per heavy atom. The molecule has 3 aromatic heterocycles. The number of nitrogen functional groups attached to an aromatic ring is 1. The number of nitrogens with one attached hydrogen (secondary N) is 1. The van der Waals surface area contributed by atoms with Gasteiger partial charge in [-0.1, -0.05) is 6.92 Å². The zero-order chi connectivity index (χ0) is 24.6. The predicted molar refractivity (Wildman–Crippen MR) is 118 cm³/mol. The number of pyridine rings is 1. The van der Waals surface area contributed by atoms with Gasteiger partial charge in [0.25, 0.3) is 0 Å².